The molecule has 2 aromatic carbocycles. The minimum absolute atomic E-state index is 0.0427. The van der Waals surface area contributed by atoms with Crippen LogP contribution in [0.15, 0.2) is 53.7 Å². The van der Waals surface area contributed by atoms with E-state index in [4.69, 9.17) is 21.2 Å². The van der Waals surface area contributed by atoms with Crippen molar-refractivity contribution in [2.24, 2.45) is 5.16 Å². The topological polar surface area (TPSA) is 54.3 Å². The zero-order valence-electron chi connectivity index (χ0n) is 17.3. The van der Waals surface area contributed by atoms with Crippen molar-refractivity contribution >= 4 is 17.3 Å². The summed E-state index contributed by atoms with van der Waals surface area (Å²) in [5, 5.41) is 15.3. The van der Waals surface area contributed by atoms with Crippen molar-refractivity contribution in [3.05, 3.63) is 70.5 Å². The van der Waals surface area contributed by atoms with Gasteiger partial charge >= 0.3 is 0 Å². The molecule has 0 fully saturated rings. The zero-order valence-corrected chi connectivity index (χ0v) is 18.1. The third-order valence-electron chi connectivity index (χ3n) is 4.77. The largest absolute Gasteiger partial charge is 0.390 e. The van der Waals surface area contributed by atoms with Crippen molar-refractivity contribution in [2.75, 3.05) is 19.7 Å². The zero-order chi connectivity index (χ0) is 21.5. The lowest BCUT2D eigenvalue weighted by atomic mass is 10.0. The number of hydrogen-bond donors (Lipinski definition) is 1. The van der Waals surface area contributed by atoms with E-state index < -0.39 is 6.10 Å². The molecule has 0 amide bonds. The molecule has 0 saturated heterocycles. The maximum atomic E-state index is 13.6. The van der Waals surface area contributed by atoms with Gasteiger partial charge in [0, 0.05) is 36.6 Å². The van der Waals surface area contributed by atoms with Gasteiger partial charge in [-0.05, 0) is 37.6 Å². The molecule has 0 unspecified atom stereocenters. The molecule has 30 heavy (non-hydrogen) atoms. The van der Waals surface area contributed by atoms with Crippen LogP contribution in [-0.2, 0) is 16.1 Å². The molecule has 2 aromatic rings. The third-order valence-corrected chi connectivity index (χ3v) is 5.10. The van der Waals surface area contributed by atoms with E-state index in [1.165, 1.54) is 12.1 Å². The molecule has 0 bridgehead atoms. The van der Waals surface area contributed by atoms with Crippen LogP contribution in [-0.4, -0.2) is 53.7 Å². The lowest BCUT2D eigenvalue weighted by Crippen LogP contribution is -2.39. The fourth-order valence-electron chi connectivity index (χ4n) is 3.42. The van der Waals surface area contributed by atoms with Crippen LogP contribution in [0.25, 0.3) is 0 Å². The number of nitrogens with zero attached hydrogens (tertiary/aromatic N) is 2. The highest BCUT2D eigenvalue weighted by Gasteiger charge is 2.26. The molecule has 5 nitrogen and oxygen atoms in total. The summed E-state index contributed by atoms with van der Waals surface area (Å²) in [5.41, 5.74) is 2.50. The van der Waals surface area contributed by atoms with Gasteiger partial charge in [-0.1, -0.05) is 47.1 Å². The highest BCUT2D eigenvalue weighted by molar-refractivity contribution is 6.34. The van der Waals surface area contributed by atoms with E-state index >= 15 is 0 Å². The second-order valence-electron chi connectivity index (χ2n) is 7.81. The van der Waals surface area contributed by atoms with Crippen LogP contribution in [0.4, 0.5) is 4.39 Å². The molecule has 1 heterocycles. The number of hydrogen-bond acceptors (Lipinski definition) is 5. The van der Waals surface area contributed by atoms with Crippen LogP contribution in [0, 0.1) is 5.82 Å². The van der Waals surface area contributed by atoms with Crippen molar-refractivity contribution in [1.29, 1.82) is 0 Å². The number of benzene rings is 2. The van der Waals surface area contributed by atoms with Crippen molar-refractivity contribution < 1.29 is 19.1 Å². The average Bonchev–Trinajstić information content (AvgIpc) is 3.15. The summed E-state index contributed by atoms with van der Waals surface area (Å²) < 4.78 is 19.2. The average molecular weight is 435 g/mol. The Bertz CT molecular complexity index is 862. The quantitative estimate of drug-likeness (QED) is 0.607. The SMILES string of the molecule is CC(C)OC[C@H](O)CN(Cc1cccc(F)c1)C[C@@H]1CC(c2ccccc2Cl)=NO1. The Morgan fingerprint density at radius 3 is 2.80 bits per heavy atom. The van der Waals surface area contributed by atoms with Crippen molar-refractivity contribution in [3.63, 3.8) is 0 Å². The minimum atomic E-state index is -0.661. The summed E-state index contributed by atoms with van der Waals surface area (Å²) in [4.78, 5) is 7.69. The van der Waals surface area contributed by atoms with E-state index in [2.05, 4.69) is 5.16 Å². The van der Waals surface area contributed by atoms with Gasteiger partial charge < -0.3 is 14.7 Å². The molecule has 0 radical (unpaired) electrons. The molecule has 2 atom stereocenters. The fourth-order valence-corrected chi connectivity index (χ4v) is 3.66. The van der Waals surface area contributed by atoms with Crippen molar-refractivity contribution in [1.82, 2.24) is 4.90 Å². The van der Waals surface area contributed by atoms with E-state index in [9.17, 15) is 9.50 Å². The molecule has 3 rings (SSSR count). The van der Waals surface area contributed by atoms with Gasteiger partial charge in [0.2, 0.25) is 0 Å². The first kappa shape index (κ1) is 22.7. The Morgan fingerprint density at radius 1 is 1.27 bits per heavy atom. The minimum Gasteiger partial charge on any atom is -0.390 e. The summed E-state index contributed by atoms with van der Waals surface area (Å²) in [7, 11) is 0. The molecule has 0 spiro atoms. The van der Waals surface area contributed by atoms with Gasteiger partial charge in [-0.2, -0.15) is 0 Å². The van der Waals surface area contributed by atoms with Gasteiger partial charge in [-0.15, -0.1) is 0 Å². The fraction of sp³-hybridized carbons (Fsp3) is 0.435. The maximum absolute atomic E-state index is 13.6. The number of ether oxygens (including phenoxy) is 1. The van der Waals surface area contributed by atoms with Gasteiger partial charge in [-0.25, -0.2) is 4.39 Å². The molecule has 1 aliphatic rings. The first-order valence-electron chi connectivity index (χ1n) is 10.1. The lowest BCUT2D eigenvalue weighted by Gasteiger charge is -2.27. The van der Waals surface area contributed by atoms with E-state index in [1.807, 2.05) is 49.1 Å². The van der Waals surface area contributed by atoms with Crippen LogP contribution >= 0.6 is 11.6 Å². The van der Waals surface area contributed by atoms with Gasteiger partial charge in [0.05, 0.1) is 24.5 Å². The van der Waals surface area contributed by atoms with Gasteiger partial charge in [-0.3, -0.25) is 4.90 Å². The van der Waals surface area contributed by atoms with Gasteiger partial charge in [0.1, 0.15) is 11.9 Å². The first-order chi connectivity index (χ1) is 14.4. The molecular weight excluding hydrogens is 407 g/mol. The Balaban J connectivity index is 1.64. The monoisotopic (exact) mass is 434 g/mol. The van der Waals surface area contributed by atoms with Crippen molar-refractivity contribution in [2.45, 2.75) is 45.1 Å². The lowest BCUT2D eigenvalue weighted by molar-refractivity contribution is -0.0194. The normalized spacial score (nSPS) is 17.3. The van der Waals surface area contributed by atoms with Crippen LogP contribution in [0.1, 0.15) is 31.4 Å². The Kier molecular flexibility index (Phi) is 8.22. The Morgan fingerprint density at radius 2 is 2.07 bits per heavy atom. The standard InChI is InChI=1S/C23H28ClFN2O3/c1-16(2)29-15-19(28)13-27(12-17-6-5-7-18(25)10-17)14-20-11-23(26-30-20)21-8-3-4-9-22(21)24/h3-10,16,19-20,28H,11-15H2,1-2H3/t19-,20+/m1/s1. The van der Waals surface area contributed by atoms with Crippen LogP contribution in [0.5, 0.6) is 0 Å². The van der Waals surface area contributed by atoms with Gasteiger partial charge in [0.15, 0.2) is 0 Å². The molecule has 0 saturated carbocycles. The predicted octanol–water partition coefficient (Wildman–Crippen LogP) is 4.26. The maximum Gasteiger partial charge on any atom is 0.145 e. The number of oxime groups is 1. The number of rotatable bonds is 10. The molecule has 1 aliphatic heterocycles. The molecule has 1 N–H and O–H groups in total. The van der Waals surface area contributed by atoms with Crippen molar-refractivity contribution in [3.8, 4) is 0 Å². The Hall–Kier alpha value is -1.99. The van der Waals surface area contributed by atoms with E-state index in [0.29, 0.717) is 31.1 Å². The molecule has 0 aliphatic carbocycles. The van der Waals surface area contributed by atoms with Crippen LogP contribution in [0.2, 0.25) is 5.02 Å². The Labute approximate surface area is 182 Å². The molecule has 162 valence electrons. The number of halogens is 2. The predicted molar refractivity (Wildman–Crippen MR) is 116 cm³/mol. The highest BCUT2D eigenvalue weighted by atomic mass is 35.5. The second kappa shape index (κ2) is 10.9. The third kappa shape index (κ3) is 6.77. The smallest absolute Gasteiger partial charge is 0.145 e. The van der Waals surface area contributed by atoms with Crippen LogP contribution in [0.3, 0.4) is 0 Å². The summed E-state index contributed by atoms with van der Waals surface area (Å²) in [6.07, 6.45) is -0.183. The van der Waals surface area contributed by atoms with E-state index in [1.54, 1.807) is 6.07 Å². The summed E-state index contributed by atoms with van der Waals surface area (Å²) in [5.74, 6) is -0.280. The summed E-state index contributed by atoms with van der Waals surface area (Å²) in [6, 6.07) is 14.0. The number of aliphatic hydroxyl groups excluding tert-OH is 1. The highest BCUT2D eigenvalue weighted by Crippen LogP contribution is 2.23. The molecular formula is C23H28ClFN2O3. The molecule has 0 aromatic heterocycles. The summed E-state index contributed by atoms with van der Waals surface area (Å²) in [6.45, 7) is 5.49. The van der Waals surface area contributed by atoms with E-state index in [-0.39, 0.29) is 24.6 Å². The second-order valence-corrected chi connectivity index (χ2v) is 8.22. The van der Waals surface area contributed by atoms with Gasteiger partial charge in [0.25, 0.3) is 0 Å². The molecule has 7 heteroatoms. The van der Waals surface area contributed by atoms with Crippen LogP contribution < -0.4 is 0 Å². The first-order valence-corrected chi connectivity index (χ1v) is 10.5. The van der Waals surface area contributed by atoms with E-state index in [0.717, 1.165) is 16.8 Å². The number of aliphatic hydroxyl groups is 1. The summed E-state index contributed by atoms with van der Waals surface area (Å²) >= 11 is 6.28.